The molecule has 0 aliphatic heterocycles. The molecule has 2 N–H and O–H groups in total. The number of methoxy groups -OCH3 is 1. The van der Waals surface area contributed by atoms with Crippen molar-refractivity contribution in [2.24, 2.45) is 0 Å². The number of nitrogen functional groups attached to an aromatic ring is 1. The summed E-state index contributed by atoms with van der Waals surface area (Å²) < 4.78 is 10.9. The predicted molar refractivity (Wildman–Crippen MR) is 77.8 cm³/mol. The highest BCUT2D eigenvalue weighted by Gasteiger charge is 2.02. The zero-order valence-corrected chi connectivity index (χ0v) is 11.3. The third kappa shape index (κ3) is 3.41. The molecule has 0 atom stereocenters. The molecule has 2 rings (SSSR count). The summed E-state index contributed by atoms with van der Waals surface area (Å²) in [5, 5.41) is 0. The van der Waals surface area contributed by atoms with Crippen molar-refractivity contribution in [3.8, 4) is 11.5 Å². The van der Waals surface area contributed by atoms with E-state index >= 15 is 0 Å². The van der Waals surface area contributed by atoms with Crippen LogP contribution < -0.4 is 15.2 Å². The smallest absolute Gasteiger partial charge is 0.124 e. The Hall–Kier alpha value is -2.16. The maximum absolute atomic E-state index is 5.84. The summed E-state index contributed by atoms with van der Waals surface area (Å²) in [4.78, 5) is 0. The van der Waals surface area contributed by atoms with Gasteiger partial charge in [0.15, 0.2) is 0 Å². The molecule has 0 saturated heterocycles. The lowest BCUT2D eigenvalue weighted by Crippen LogP contribution is -2.03. The Bertz CT molecular complexity index is 535. The van der Waals surface area contributed by atoms with Crippen molar-refractivity contribution in [2.75, 3.05) is 19.5 Å². The molecule has 0 aliphatic carbocycles. The maximum Gasteiger partial charge on any atom is 0.124 e. The van der Waals surface area contributed by atoms with E-state index in [-0.39, 0.29) is 0 Å². The number of benzene rings is 2. The third-order valence-electron chi connectivity index (χ3n) is 3.13. The first-order valence-electron chi connectivity index (χ1n) is 6.31. The van der Waals surface area contributed by atoms with E-state index in [1.165, 1.54) is 5.56 Å². The van der Waals surface area contributed by atoms with Crippen LogP contribution in [0.3, 0.4) is 0 Å². The van der Waals surface area contributed by atoms with Crippen molar-refractivity contribution >= 4 is 5.69 Å². The number of hydrogen-bond acceptors (Lipinski definition) is 3. The van der Waals surface area contributed by atoms with Gasteiger partial charge < -0.3 is 15.2 Å². The molecule has 3 nitrogen and oxygen atoms in total. The van der Waals surface area contributed by atoms with Gasteiger partial charge in [0, 0.05) is 17.7 Å². The van der Waals surface area contributed by atoms with Crippen LogP contribution in [0.2, 0.25) is 0 Å². The van der Waals surface area contributed by atoms with E-state index in [0.717, 1.165) is 29.2 Å². The predicted octanol–water partition coefficient (Wildman–Crippen LogP) is 3.21. The lowest BCUT2D eigenvalue weighted by atomic mass is 10.1. The van der Waals surface area contributed by atoms with Crippen molar-refractivity contribution in [1.29, 1.82) is 0 Å². The fraction of sp³-hybridized carbons (Fsp3) is 0.250. The zero-order valence-electron chi connectivity index (χ0n) is 11.3. The molecule has 100 valence electrons. The van der Waals surface area contributed by atoms with Gasteiger partial charge >= 0.3 is 0 Å². The average Bonchev–Trinajstić information content (AvgIpc) is 2.44. The molecule has 2 aromatic carbocycles. The van der Waals surface area contributed by atoms with Crippen molar-refractivity contribution in [1.82, 2.24) is 0 Å². The molecule has 0 amide bonds. The lowest BCUT2D eigenvalue weighted by Gasteiger charge is -2.10. The Morgan fingerprint density at radius 2 is 1.79 bits per heavy atom. The van der Waals surface area contributed by atoms with Crippen LogP contribution >= 0.6 is 0 Å². The van der Waals surface area contributed by atoms with Crippen molar-refractivity contribution in [2.45, 2.75) is 13.3 Å². The minimum atomic E-state index is 0.636. The molecule has 0 aliphatic rings. The van der Waals surface area contributed by atoms with Gasteiger partial charge in [-0.15, -0.1) is 0 Å². The number of anilines is 1. The second kappa shape index (κ2) is 6.14. The van der Waals surface area contributed by atoms with E-state index in [2.05, 4.69) is 12.1 Å². The molecule has 2 aromatic rings. The van der Waals surface area contributed by atoms with Gasteiger partial charge in [-0.05, 0) is 36.8 Å². The summed E-state index contributed by atoms with van der Waals surface area (Å²) in [6.07, 6.45) is 0.859. The summed E-state index contributed by atoms with van der Waals surface area (Å²) in [7, 11) is 1.67. The van der Waals surface area contributed by atoms with Crippen LogP contribution in [0.1, 0.15) is 11.1 Å². The Balaban J connectivity index is 1.90. The van der Waals surface area contributed by atoms with E-state index in [4.69, 9.17) is 15.2 Å². The highest BCUT2D eigenvalue weighted by Crippen LogP contribution is 2.23. The highest BCUT2D eigenvalue weighted by molar-refractivity contribution is 5.53. The second-order valence-corrected chi connectivity index (χ2v) is 4.42. The Morgan fingerprint density at radius 3 is 2.47 bits per heavy atom. The van der Waals surface area contributed by atoms with Gasteiger partial charge in [-0.3, -0.25) is 0 Å². The van der Waals surface area contributed by atoms with Gasteiger partial charge in [0.1, 0.15) is 11.5 Å². The van der Waals surface area contributed by atoms with Crippen LogP contribution in [-0.2, 0) is 6.42 Å². The normalized spacial score (nSPS) is 10.2. The fourth-order valence-electron chi connectivity index (χ4n) is 1.86. The van der Waals surface area contributed by atoms with E-state index < -0.39 is 0 Å². The molecule has 0 spiro atoms. The van der Waals surface area contributed by atoms with Crippen molar-refractivity contribution < 1.29 is 9.47 Å². The maximum atomic E-state index is 5.84. The molecule has 3 heteroatoms. The highest BCUT2D eigenvalue weighted by atomic mass is 16.5. The summed E-state index contributed by atoms with van der Waals surface area (Å²) in [5.74, 6) is 1.73. The monoisotopic (exact) mass is 257 g/mol. The van der Waals surface area contributed by atoms with E-state index in [0.29, 0.717) is 6.61 Å². The first-order chi connectivity index (χ1) is 9.20. The largest absolute Gasteiger partial charge is 0.497 e. The molecular formula is C16H19NO2. The number of rotatable bonds is 5. The van der Waals surface area contributed by atoms with Crippen LogP contribution in [0.5, 0.6) is 11.5 Å². The topological polar surface area (TPSA) is 44.5 Å². The van der Waals surface area contributed by atoms with Crippen LogP contribution in [0.15, 0.2) is 42.5 Å². The summed E-state index contributed by atoms with van der Waals surface area (Å²) in [6.45, 7) is 2.61. The minimum absolute atomic E-state index is 0.636. The quantitative estimate of drug-likeness (QED) is 0.836. The van der Waals surface area contributed by atoms with Gasteiger partial charge in [0.05, 0.1) is 13.7 Å². The van der Waals surface area contributed by atoms with Crippen LogP contribution in [-0.4, -0.2) is 13.7 Å². The van der Waals surface area contributed by atoms with Gasteiger partial charge in [-0.1, -0.05) is 18.2 Å². The number of nitrogens with two attached hydrogens (primary N) is 1. The molecule has 19 heavy (non-hydrogen) atoms. The molecular weight excluding hydrogens is 238 g/mol. The van der Waals surface area contributed by atoms with Gasteiger partial charge in [0.2, 0.25) is 0 Å². The van der Waals surface area contributed by atoms with Gasteiger partial charge in [-0.25, -0.2) is 0 Å². The minimum Gasteiger partial charge on any atom is -0.497 e. The van der Waals surface area contributed by atoms with Gasteiger partial charge in [0.25, 0.3) is 0 Å². The Morgan fingerprint density at radius 1 is 1.05 bits per heavy atom. The number of ether oxygens (including phenoxy) is 2. The number of hydrogen-bond donors (Lipinski definition) is 1. The van der Waals surface area contributed by atoms with E-state index in [1.807, 2.05) is 37.3 Å². The average molecular weight is 257 g/mol. The molecule has 0 unspecified atom stereocenters. The van der Waals surface area contributed by atoms with Crippen molar-refractivity contribution in [3.05, 3.63) is 53.6 Å². The Labute approximate surface area is 114 Å². The first-order valence-corrected chi connectivity index (χ1v) is 6.31. The molecule has 0 fully saturated rings. The molecule has 0 bridgehead atoms. The fourth-order valence-corrected chi connectivity index (χ4v) is 1.86. The van der Waals surface area contributed by atoms with Crippen LogP contribution in [0, 0.1) is 6.92 Å². The van der Waals surface area contributed by atoms with Crippen LogP contribution in [0.4, 0.5) is 5.69 Å². The summed E-state index contributed by atoms with van der Waals surface area (Å²) >= 11 is 0. The van der Waals surface area contributed by atoms with Crippen molar-refractivity contribution in [3.63, 3.8) is 0 Å². The molecule has 0 saturated carbocycles. The van der Waals surface area contributed by atoms with Crippen LogP contribution in [0.25, 0.3) is 0 Å². The first kappa shape index (κ1) is 13.3. The summed E-state index contributed by atoms with van der Waals surface area (Å²) in [6, 6.07) is 13.8. The zero-order chi connectivity index (χ0) is 13.7. The summed E-state index contributed by atoms with van der Waals surface area (Å²) in [5.41, 5.74) is 8.83. The SMILES string of the molecule is COc1ccc(CCOc2cccc(N)c2C)cc1. The second-order valence-electron chi connectivity index (χ2n) is 4.42. The lowest BCUT2D eigenvalue weighted by molar-refractivity contribution is 0.320. The Kier molecular flexibility index (Phi) is 4.29. The molecule has 0 aromatic heterocycles. The standard InChI is InChI=1S/C16H19NO2/c1-12-15(17)4-3-5-16(12)19-11-10-13-6-8-14(18-2)9-7-13/h3-9H,10-11,17H2,1-2H3. The van der Waals surface area contributed by atoms with E-state index in [1.54, 1.807) is 7.11 Å². The van der Waals surface area contributed by atoms with Gasteiger partial charge in [-0.2, -0.15) is 0 Å². The molecule has 0 radical (unpaired) electrons. The van der Waals surface area contributed by atoms with E-state index in [9.17, 15) is 0 Å². The third-order valence-corrected chi connectivity index (χ3v) is 3.13. The molecule has 0 heterocycles.